The molecule has 0 saturated carbocycles. The van der Waals surface area contributed by atoms with Crippen molar-refractivity contribution in [3.05, 3.63) is 188 Å². The lowest BCUT2D eigenvalue weighted by Gasteiger charge is -2.11. The Labute approximate surface area is 678 Å². The molecule has 0 radical (unpaired) electrons. The van der Waals surface area contributed by atoms with Gasteiger partial charge in [0.2, 0.25) is 0 Å². The number of carbonyl (C=O) groups is 4. The summed E-state index contributed by atoms with van der Waals surface area (Å²) >= 11 is 0. The zero-order chi connectivity index (χ0) is 80.2. The quantitative estimate of drug-likeness (QED) is 0.0199. The molecule has 8 bridgehead atoms. The summed E-state index contributed by atoms with van der Waals surface area (Å²) in [5, 5.41) is 45.3. The molecular formula is C100H122N6O8. The van der Waals surface area contributed by atoms with Crippen LogP contribution in [-0.2, 0) is 77.6 Å². The van der Waals surface area contributed by atoms with Gasteiger partial charge in [0.25, 0.3) is 0 Å². The largest absolute Gasteiger partial charge is 0.457 e. The number of hydrogen-bond donors (Lipinski definition) is 0. The van der Waals surface area contributed by atoms with Crippen molar-refractivity contribution in [2.24, 2.45) is 0 Å². The van der Waals surface area contributed by atoms with Gasteiger partial charge in [-0.1, -0.05) is 331 Å². The first-order valence-electron chi connectivity index (χ1n) is 43.5. The smallest absolute Gasteiger partial charge is 0.349 e. The molecule has 1 aliphatic rings. The van der Waals surface area contributed by atoms with Crippen molar-refractivity contribution < 1.29 is 38.1 Å². The van der Waals surface area contributed by atoms with Gasteiger partial charge in [-0.05, 0) is 130 Å². The number of aromatic nitrogens is 2. The van der Waals surface area contributed by atoms with Gasteiger partial charge in [0.15, 0.2) is 0 Å². The van der Waals surface area contributed by atoms with Crippen LogP contribution >= 0.6 is 0 Å². The Morgan fingerprint density at radius 1 is 0.263 bits per heavy atom. The molecule has 0 unspecified atom stereocenters. The van der Waals surface area contributed by atoms with Crippen molar-refractivity contribution in [3.63, 3.8) is 0 Å². The molecule has 8 aromatic rings. The molecule has 6 aromatic carbocycles. The number of aryl methyl sites for hydroxylation is 2. The summed E-state index contributed by atoms with van der Waals surface area (Å²) < 4.78 is 27.8. The lowest BCUT2D eigenvalue weighted by atomic mass is 10.0. The average molecular weight is 1540 g/mol. The standard InChI is InChI=1S/C100H122N6O8/c1-3-5-7-9-11-13-15-17-19-21-23-25-27-29-31-33-35-37-39-45-59-105-93-55-51-77-61-85(69-101)97(107)111-73-81-47-41-43-49-83(81)75-113-99(109)87(71-103)63-79-53-57-95-91(67-79)92-68-80(54-58-96(92)106(95)60-46-40-38-36-34-32-30-28-26-24-22-20-18-16-14-12-10-8-6-4-2)64-88(72-104)100(110)114-76-84-50-44-42-48-82(84)74-112-98(108)86(70-102)62-78-52-56-94(105)90(66-78)89(93)65-77/h41-44,47-58,61-68H,3-40,45-46,59-60,73-76H2,1-2H3/b85-61+,86-62+,87-63+,88-64+. The summed E-state index contributed by atoms with van der Waals surface area (Å²) in [7, 11) is 0. The van der Waals surface area contributed by atoms with Crippen LogP contribution in [0.3, 0.4) is 0 Å². The highest BCUT2D eigenvalue weighted by Crippen LogP contribution is 2.36. The average Bonchev–Trinajstić information content (AvgIpc) is 1.61. The fourth-order valence-corrected chi connectivity index (χ4v) is 15.9. The van der Waals surface area contributed by atoms with Crippen molar-refractivity contribution in [1.29, 1.82) is 21.0 Å². The summed E-state index contributed by atoms with van der Waals surface area (Å²) in [4.78, 5) is 55.7. The van der Waals surface area contributed by atoms with E-state index in [1.165, 1.54) is 243 Å². The first-order chi connectivity index (χ1) is 56.0. The van der Waals surface area contributed by atoms with E-state index in [9.17, 15) is 40.2 Å². The molecule has 0 atom stereocenters. The molecule has 0 saturated heterocycles. The fraction of sp³-hybridized carbons (Fsp3) is 0.480. The van der Waals surface area contributed by atoms with E-state index in [1.54, 1.807) is 48.5 Å². The molecule has 14 nitrogen and oxygen atoms in total. The Kier molecular flexibility index (Phi) is 38.5. The van der Waals surface area contributed by atoms with Crippen LogP contribution < -0.4 is 0 Å². The number of ether oxygens (including phenoxy) is 4. The molecule has 0 spiro atoms. The van der Waals surface area contributed by atoms with Gasteiger partial charge in [-0.25, -0.2) is 19.2 Å². The van der Waals surface area contributed by atoms with Crippen LogP contribution in [-0.4, -0.2) is 33.0 Å². The fourth-order valence-electron chi connectivity index (χ4n) is 15.9. The Morgan fingerprint density at radius 2 is 0.447 bits per heavy atom. The predicted molar refractivity (Wildman–Crippen MR) is 461 cm³/mol. The van der Waals surface area contributed by atoms with Crippen LogP contribution in [0, 0.1) is 45.3 Å². The van der Waals surface area contributed by atoms with E-state index in [-0.39, 0.29) is 48.7 Å². The molecule has 114 heavy (non-hydrogen) atoms. The molecule has 0 aliphatic carbocycles. The maximum Gasteiger partial charge on any atom is 0.349 e. The second kappa shape index (κ2) is 50.1. The normalized spacial score (nSPS) is 15.3. The van der Waals surface area contributed by atoms with Gasteiger partial charge in [0.1, 0.15) is 73.0 Å². The second-order valence-corrected chi connectivity index (χ2v) is 31.4. The second-order valence-electron chi connectivity index (χ2n) is 31.4. The number of carbonyl (C=O) groups excluding carboxylic acids is 4. The van der Waals surface area contributed by atoms with Crippen LogP contribution in [0.25, 0.3) is 67.9 Å². The molecule has 600 valence electrons. The number of cyclic esters (lactones) is 4. The number of rotatable bonds is 42. The van der Waals surface area contributed by atoms with E-state index in [1.807, 2.05) is 97.1 Å². The minimum Gasteiger partial charge on any atom is -0.457 e. The van der Waals surface area contributed by atoms with Gasteiger partial charge in [0, 0.05) is 56.7 Å². The molecule has 9 rings (SSSR count). The third-order valence-corrected chi connectivity index (χ3v) is 22.6. The molecule has 0 N–H and O–H groups in total. The molecule has 2 aromatic heterocycles. The summed E-state index contributed by atoms with van der Waals surface area (Å²) in [6.07, 6.45) is 57.9. The van der Waals surface area contributed by atoms with E-state index in [0.717, 1.165) is 95.2 Å². The van der Waals surface area contributed by atoms with Gasteiger partial charge in [0.05, 0.1) is 0 Å². The van der Waals surface area contributed by atoms with E-state index in [0.29, 0.717) is 44.5 Å². The topological polar surface area (TPSA) is 210 Å². The van der Waals surface area contributed by atoms with Crippen molar-refractivity contribution >= 4 is 91.8 Å². The highest BCUT2D eigenvalue weighted by atomic mass is 16.5. The summed E-state index contributed by atoms with van der Waals surface area (Å²) in [6.45, 7) is 5.06. The Bertz CT molecular complexity index is 4200. The van der Waals surface area contributed by atoms with Crippen molar-refractivity contribution in [1.82, 2.24) is 9.13 Å². The Balaban J connectivity index is 0.886. The predicted octanol–water partition coefficient (Wildman–Crippen LogP) is 26.5. The summed E-state index contributed by atoms with van der Waals surface area (Å²) in [6, 6.07) is 45.3. The monoisotopic (exact) mass is 1530 g/mol. The SMILES string of the molecule is CCCCCCCCCCCCCCCCCCCCCCn1c2ccc3cc2c2cc(ccc21)/C=C(\C#N)C(=O)OCc1ccccc1COC(=O)/C(C#N)=C/c1ccc2c(c1)c1cc(ccc1n2CCCCCCCCCCCCCCCCCCCCCC)/C=C(\C#N)C(=O)OCc1ccccc1COC(=O)/C(C#N)=C/3. The number of nitrogens with zero attached hydrogens (tertiary/aromatic N) is 6. The molecule has 3 heterocycles. The molecular weight excluding hydrogens is 1410 g/mol. The minimum atomic E-state index is -0.852. The maximum atomic E-state index is 13.9. The zero-order valence-electron chi connectivity index (χ0n) is 68.3. The maximum absolute atomic E-state index is 13.9. The number of fused-ring (bicyclic) bond motifs is 6. The van der Waals surface area contributed by atoms with Gasteiger partial charge < -0.3 is 28.1 Å². The van der Waals surface area contributed by atoms with Crippen molar-refractivity contribution in [2.45, 2.75) is 310 Å². The highest BCUT2D eigenvalue weighted by Gasteiger charge is 2.22. The third-order valence-electron chi connectivity index (χ3n) is 22.6. The van der Waals surface area contributed by atoms with Gasteiger partial charge in [-0.3, -0.25) is 0 Å². The van der Waals surface area contributed by atoms with E-state index < -0.39 is 23.9 Å². The molecule has 0 amide bonds. The van der Waals surface area contributed by atoms with E-state index in [4.69, 9.17) is 18.9 Å². The highest BCUT2D eigenvalue weighted by molar-refractivity contribution is 6.12. The van der Waals surface area contributed by atoms with Crippen molar-refractivity contribution in [3.8, 4) is 24.3 Å². The molecule has 1 aliphatic heterocycles. The van der Waals surface area contributed by atoms with Gasteiger partial charge in [-0.15, -0.1) is 0 Å². The zero-order valence-corrected chi connectivity index (χ0v) is 68.3. The third kappa shape index (κ3) is 28.1. The number of esters is 4. The van der Waals surface area contributed by atoms with Crippen molar-refractivity contribution in [2.75, 3.05) is 0 Å². The van der Waals surface area contributed by atoms with Gasteiger partial charge in [-0.2, -0.15) is 21.0 Å². The number of benzene rings is 6. The van der Waals surface area contributed by atoms with Crippen LogP contribution in [0.1, 0.15) is 315 Å². The summed E-state index contributed by atoms with van der Waals surface area (Å²) in [5.41, 5.74) is 7.23. The number of unbranched alkanes of at least 4 members (excludes halogenated alkanes) is 38. The number of nitriles is 4. The molecule has 0 fully saturated rings. The van der Waals surface area contributed by atoms with E-state index in [2.05, 4.69) is 23.0 Å². The first-order valence-corrected chi connectivity index (χ1v) is 43.5. The minimum absolute atomic E-state index is 0.234. The van der Waals surface area contributed by atoms with Gasteiger partial charge >= 0.3 is 23.9 Å². The lowest BCUT2D eigenvalue weighted by molar-refractivity contribution is -0.141. The van der Waals surface area contributed by atoms with Crippen LogP contribution in [0.15, 0.2) is 144 Å². The van der Waals surface area contributed by atoms with Crippen LogP contribution in [0.2, 0.25) is 0 Å². The lowest BCUT2D eigenvalue weighted by Crippen LogP contribution is -2.10. The molecule has 14 heteroatoms. The van der Waals surface area contributed by atoms with Crippen LogP contribution in [0.5, 0.6) is 0 Å². The summed E-state index contributed by atoms with van der Waals surface area (Å²) in [5.74, 6) is -3.41. The van der Waals surface area contributed by atoms with E-state index >= 15 is 0 Å². The Morgan fingerprint density at radius 3 is 0.632 bits per heavy atom. The Hall–Kier alpha value is -10.3. The first kappa shape index (κ1) is 87.7. The van der Waals surface area contributed by atoms with Crippen LogP contribution in [0.4, 0.5) is 0 Å². The number of hydrogen-bond acceptors (Lipinski definition) is 12.